The Balaban J connectivity index is 3.16. The van der Waals surface area contributed by atoms with Crippen molar-refractivity contribution in [3.05, 3.63) is 28.7 Å². The van der Waals surface area contributed by atoms with Gasteiger partial charge in [-0.25, -0.2) is 0 Å². The Morgan fingerprint density at radius 2 is 2.18 bits per heavy atom. The van der Waals surface area contributed by atoms with Crippen LogP contribution in [0.3, 0.4) is 0 Å². The third-order valence-electron chi connectivity index (χ3n) is 1.34. The van der Waals surface area contributed by atoms with Crippen molar-refractivity contribution < 1.29 is 10.2 Å². The van der Waals surface area contributed by atoms with Crippen molar-refractivity contribution >= 4 is 5.69 Å². The topological polar surface area (TPSA) is 69.9 Å². The second-order valence-corrected chi connectivity index (χ2v) is 2.06. The molecule has 0 aromatic heterocycles. The Morgan fingerprint density at radius 3 is 2.73 bits per heavy atom. The number of nitrogens with zero attached hydrogens (tertiary/aromatic N) is 1. The quantitative estimate of drug-likeness (QED) is 0.629. The fraction of sp³-hybridized carbons (Fsp3) is 0.143. The first-order chi connectivity index (χ1) is 5.27. The molecule has 1 rings (SSSR count). The van der Waals surface area contributed by atoms with E-state index in [0.717, 1.165) is 0 Å². The molecule has 0 radical (unpaired) electrons. The summed E-state index contributed by atoms with van der Waals surface area (Å²) in [6, 6.07) is 4.05. The SMILES string of the molecule is O=Nc1cc(O)ccc1CO. The molecule has 0 aliphatic carbocycles. The van der Waals surface area contributed by atoms with Gasteiger partial charge >= 0.3 is 0 Å². The van der Waals surface area contributed by atoms with E-state index in [-0.39, 0.29) is 18.0 Å². The fourth-order valence-electron chi connectivity index (χ4n) is 0.771. The van der Waals surface area contributed by atoms with Crippen LogP contribution in [0.4, 0.5) is 5.69 Å². The van der Waals surface area contributed by atoms with Crippen molar-refractivity contribution in [3.8, 4) is 5.75 Å². The summed E-state index contributed by atoms with van der Waals surface area (Å²) in [4.78, 5) is 10.1. The zero-order chi connectivity index (χ0) is 8.27. The molecule has 1 aromatic rings. The van der Waals surface area contributed by atoms with Gasteiger partial charge in [-0.1, -0.05) is 6.07 Å². The van der Waals surface area contributed by atoms with Crippen molar-refractivity contribution in [1.82, 2.24) is 0 Å². The van der Waals surface area contributed by atoms with Gasteiger partial charge in [0.25, 0.3) is 0 Å². The summed E-state index contributed by atoms with van der Waals surface area (Å²) in [5.74, 6) is -0.0307. The average molecular weight is 153 g/mol. The number of phenolic OH excluding ortho intramolecular Hbond substituents is 1. The molecule has 0 bridgehead atoms. The van der Waals surface area contributed by atoms with E-state index in [4.69, 9.17) is 10.2 Å². The maximum absolute atomic E-state index is 10.1. The minimum atomic E-state index is -0.249. The van der Waals surface area contributed by atoms with E-state index in [9.17, 15) is 4.91 Å². The minimum absolute atomic E-state index is 0.0307. The summed E-state index contributed by atoms with van der Waals surface area (Å²) in [5.41, 5.74) is 0.491. The molecule has 0 spiro atoms. The first kappa shape index (κ1) is 7.68. The Labute approximate surface area is 63.1 Å². The van der Waals surface area contributed by atoms with Crippen molar-refractivity contribution in [2.24, 2.45) is 5.18 Å². The van der Waals surface area contributed by atoms with Crippen LogP contribution in [-0.4, -0.2) is 10.2 Å². The second kappa shape index (κ2) is 3.12. The number of rotatable bonds is 2. The third kappa shape index (κ3) is 1.53. The lowest BCUT2D eigenvalue weighted by Gasteiger charge is -1.98. The van der Waals surface area contributed by atoms with Crippen LogP contribution in [0, 0.1) is 4.91 Å². The molecule has 0 fully saturated rings. The van der Waals surface area contributed by atoms with E-state index < -0.39 is 0 Å². The van der Waals surface area contributed by atoms with Crippen LogP contribution < -0.4 is 0 Å². The van der Waals surface area contributed by atoms with E-state index >= 15 is 0 Å². The largest absolute Gasteiger partial charge is 0.508 e. The van der Waals surface area contributed by atoms with E-state index in [1.165, 1.54) is 18.2 Å². The molecule has 4 nitrogen and oxygen atoms in total. The van der Waals surface area contributed by atoms with Crippen LogP contribution in [0.2, 0.25) is 0 Å². The van der Waals surface area contributed by atoms with Gasteiger partial charge in [-0.05, 0) is 11.2 Å². The molecular weight excluding hydrogens is 146 g/mol. The van der Waals surface area contributed by atoms with Gasteiger partial charge in [-0.15, -0.1) is 4.91 Å². The zero-order valence-corrected chi connectivity index (χ0v) is 5.69. The summed E-state index contributed by atoms with van der Waals surface area (Å²) >= 11 is 0. The van der Waals surface area contributed by atoms with Gasteiger partial charge in [0, 0.05) is 11.6 Å². The van der Waals surface area contributed by atoms with Crippen LogP contribution in [0.15, 0.2) is 23.4 Å². The summed E-state index contributed by atoms with van der Waals surface area (Å²) in [7, 11) is 0. The number of aliphatic hydroxyl groups excluding tert-OH is 1. The standard InChI is InChI=1S/C7H7NO3/c9-4-5-1-2-6(10)3-7(5)8-11/h1-3,9-10H,4H2. The zero-order valence-electron chi connectivity index (χ0n) is 5.69. The van der Waals surface area contributed by atoms with Gasteiger partial charge in [-0.3, -0.25) is 0 Å². The lowest BCUT2D eigenvalue weighted by molar-refractivity contribution is 0.282. The average Bonchev–Trinajstić information content (AvgIpc) is 2.04. The van der Waals surface area contributed by atoms with Crippen molar-refractivity contribution in [3.63, 3.8) is 0 Å². The Bertz CT molecular complexity index is 272. The molecule has 11 heavy (non-hydrogen) atoms. The molecule has 0 aliphatic rings. The molecule has 0 saturated carbocycles. The highest BCUT2D eigenvalue weighted by Crippen LogP contribution is 2.23. The lowest BCUT2D eigenvalue weighted by Crippen LogP contribution is -1.82. The van der Waals surface area contributed by atoms with Crippen molar-refractivity contribution in [2.75, 3.05) is 0 Å². The predicted molar refractivity (Wildman–Crippen MR) is 39.5 cm³/mol. The van der Waals surface area contributed by atoms with Gasteiger partial charge in [0.15, 0.2) is 0 Å². The highest BCUT2D eigenvalue weighted by Gasteiger charge is 2.01. The molecule has 0 unspecified atom stereocenters. The van der Waals surface area contributed by atoms with E-state index in [0.29, 0.717) is 5.56 Å². The van der Waals surface area contributed by atoms with Gasteiger partial charge in [0.2, 0.25) is 0 Å². The number of aromatic hydroxyl groups is 1. The molecule has 2 N–H and O–H groups in total. The Hall–Kier alpha value is -1.42. The van der Waals surface area contributed by atoms with Gasteiger partial charge in [0.05, 0.1) is 6.61 Å². The third-order valence-corrected chi connectivity index (χ3v) is 1.34. The molecule has 1 aromatic carbocycles. The summed E-state index contributed by atoms with van der Waals surface area (Å²) in [5, 5.41) is 20.2. The summed E-state index contributed by atoms with van der Waals surface area (Å²) in [6.07, 6.45) is 0. The molecule has 0 amide bonds. The molecule has 0 saturated heterocycles. The van der Waals surface area contributed by atoms with Crippen molar-refractivity contribution in [2.45, 2.75) is 6.61 Å². The maximum atomic E-state index is 10.1. The first-order valence-corrected chi connectivity index (χ1v) is 3.04. The van der Waals surface area contributed by atoms with Gasteiger partial charge in [-0.2, -0.15) is 0 Å². The van der Waals surface area contributed by atoms with Gasteiger partial charge in [0.1, 0.15) is 11.4 Å². The smallest absolute Gasteiger partial charge is 0.117 e. The number of aliphatic hydroxyl groups is 1. The molecule has 58 valence electrons. The monoisotopic (exact) mass is 153 g/mol. The predicted octanol–water partition coefficient (Wildman–Crippen LogP) is 1.28. The highest BCUT2D eigenvalue weighted by molar-refractivity contribution is 5.49. The second-order valence-electron chi connectivity index (χ2n) is 2.06. The fourth-order valence-corrected chi connectivity index (χ4v) is 0.771. The van der Waals surface area contributed by atoms with E-state index in [1.807, 2.05) is 0 Å². The van der Waals surface area contributed by atoms with Gasteiger partial charge < -0.3 is 10.2 Å². The number of benzene rings is 1. The van der Waals surface area contributed by atoms with Crippen LogP contribution in [0.1, 0.15) is 5.56 Å². The number of hydrogen-bond donors (Lipinski definition) is 2. The van der Waals surface area contributed by atoms with Crippen LogP contribution in [-0.2, 0) is 6.61 Å². The number of nitroso groups, excluding NO2 is 1. The van der Waals surface area contributed by atoms with Crippen LogP contribution in [0.25, 0.3) is 0 Å². The van der Waals surface area contributed by atoms with Crippen LogP contribution in [0.5, 0.6) is 5.75 Å². The Kier molecular flexibility index (Phi) is 2.18. The van der Waals surface area contributed by atoms with E-state index in [2.05, 4.69) is 5.18 Å². The normalized spacial score (nSPS) is 9.55. The first-order valence-electron chi connectivity index (χ1n) is 3.04. The molecule has 0 heterocycles. The van der Waals surface area contributed by atoms with Crippen LogP contribution >= 0.6 is 0 Å². The highest BCUT2D eigenvalue weighted by atomic mass is 16.3. The molecule has 0 atom stereocenters. The number of phenols is 1. The molecule has 4 heteroatoms. The van der Waals surface area contributed by atoms with Crippen molar-refractivity contribution in [1.29, 1.82) is 0 Å². The maximum Gasteiger partial charge on any atom is 0.117 e. The molecular formula is C7H7NO3. The Morgan fingerprint density at radius 1 is 1.45 bits per heavy atom. The summed E-state index contributed by atoms with van der Waals surface area (Å²) < 4.78 is 0. The van der Waals surface area contributed by atoms with E-state index in [1.54, 1.807) is 0 Å². The minimum Gasteiger partial charge on any atom is -0.508 e. The lowest BCUT2D eigenvalue weighted by atomic mass is 10.2. The number of hydrogen-bond acceptors (Lipinski definition) is 4. The summed E-state index contributed by atoms with van der Waals surface area (Å²) in [6.45, 7) is -0.249. The molecule has 0 aliphatic heterocycles.